The van der Waals surface area contributed by atoms with Gasteiger partial charge < -0.3 is 4.74 Å². The molecule has 3 aromatic rings. The Hall–Kier alpha value is -2.37. The van der Waals surface area contributed by atoms with E-state index in [9.17, 15) is 22.0 Å². The maximum atomic E-state index is 13.5. The molecule has 3 rings (SSSR count). The van der Waals surface area contributed by atoms with E-state index in [0.29, 0.717) is 5.56 Å². The molecule has 0 aliphatic carbocycles. The van der Waals surface area contributed by atoms with Crippen molar-refractivity contribution in [2.24, 2.45) is 0 Å². The number of alkyl halides is 6. The van der Waals surface area contributed by atoms with Crippen molar-refractivity contribution >= 4 is 21.6 Å². The lowest BCUT2D eigenvalue weighted by atomic mass is 10.2. The zero-order chi connectivity index (χ0) is 19.8. The topological polar surface area (TPSA) is 65.2 Å². The number of nitrogens with zero attached hydrogens (tertiary/aromatic N) is 5. The highest BCUT2D eigenvalue weighted by molar-refractivity contribution is 9.09. The molecule has 0 radical (unpaired) electrons. The number of rotatable bonds is 5. The number of fused-ring (bicyclic) bond motifs is 1. The fourth-order valence-electron chi connectivity index (χ4n) is 2.27. The van der Waals surface area contributed by atoms with Crippen molar-refractivity contribution in [1.29, 1.82) is 0 Å². The standard InChI is InChI=1S/C15H11BrF5N5O/c1-2-10(15(19,20)21)27-12-4-3-8(5-23-12)9-7-26-11(6-22-9)24-25-13(26)14(16,17)18/h3-7,10H,2H2,1H3. The first-order chi connectivity index (χ1) is 12.6. The smallest absolute Gasteiger partial charge is 0.425 e. The van der Waals surface area contributed by atoms with E-state index >= 15 is 0 Å². The second-order valence-corrected chi connectivity index (χ2v) is 6.46. The highest BCUT2D eigenvalue weighted by Crippen LogP contribution is 2.33. The molecule has 0 saturated carbocycles. The van der Waals surface area contributed by atoms with E-state index in [1.54, 1.807) is 0 Å². The number of hydrogen-bond donors (Lipinski definition) is 0. The molecule has 1 unspecified atom stereocenters. The van der Waals surface area contributed by atoms with Crippen LogP contribution in [0.2, 0.25) is 0 Å². The van der Waals surface area contributed by atoms with E-state index in [0.717, 1.165) is 4.40 Å². The van der Waals surface area contributed by atoms with Crippen molar-refractivity contribution in [3.05, 3.63) is 36.5 Å². The summed E-state index contributed by atoms with van der Waals surface area (Å²) in [5, 5.41) is 7.01. The number of pyridine rings is 1. The maximum Gasteiger partial charge on any atom is 0.425 e. The van der Waals surface area contributed by atoms with Gasteiger partial charge in [0.1, 0.15) is 0 Å². The maximum absolute atomic E-state index is 13.5. The first-order valence-corrected chi connectivity index (χ1v) is 8.36. The summed E-state index contributed by atoms with van der Waals surface area (Å²) in [6.07, 6.45) is -2.97. The quantitative estimate of drug-likeness (QED) is 0.426. The average Bonchev–Trinajstić information content (AvgIpc) is 3.02. The van der Waals surface area contributed by atoms with Crippen molar-refractivity contribution in [2.45, 2.75) is 30.5 Å². The summed E-state index contributed by atoms with van der Waals surface area (Å²) in [6.45, 7) is 1.35. The molecule has 144 valence electrons. The van der Waals surface area contributed by atoms with Gasteiger partial charge in [0.25, 0.3) is 0 Å². The zero-order valence-electron chi connectivity index (χ0n) is 13.6. The molecule has 6 nitrogen and oxygen atoms in total. The van der Waals surface area contributed by atoms with E-state index in [2.05, 4.69) is 36.1 Å². The Morgan fingerprint density at radius 3 is 2.41 bits per heavy atom. The number of ether oxygens (including phenoxy) is 1. The number of hydrogen-bond acceptors (Lipinski definition) is 5. The summed E-state index contributed by atoms with van der Waals surface area (Å²) in [6, 6.07) is 2.68. The molecule has 12 heteroatoms. The third-order valence-electron chi connectivity index (χ3n) is 3.58. The van der Waals surface area contributed by atoms with Gasteiger partial charge in [-0.3, -0.25) is 9.38 Å². The van der Waals surface area contributed by atoms with Gasteiger partial charge in [0.05, 0.1) is 11.9 Å². The third-order valence-corrected chi connectivity index (χ3v) is 3.93. The van der Waals surface area contributed by atoms with Gasteiger partial charge in [-0.05, 0) is 28.4 Å². The molecular formula is C15H11BrF5N5O. The van der Waals surface area contributed by atoms with Crippen molar-refractivity contribution in [3.63, 3.8) is 0 Å². The van der Waals surface area contributed by atoms with Crippen LogP contribution in [0.4, 0.5) is 22.0 Å². The van der Waals surface area contributed by atoms with Gasteiger partial charge in [-0.2, -0.15) is 22.0 Å². The van der Waals surface area contributed by atoms with Gasteiger partial charge in [-0.25, -0.2) is 4.98 Å². The molecule has 0 aliphatic rings. The molecule has 0 fully saturated rings. The summed E-state index contributed by atoms with van der Waals surface area (Å²) in [5.41, 5.74) is 0.751. The van der Waals surface area contributed by atoms with Gasteiger partial charge in [-0.1, -0.05) is 6.92 Å². The lowest BCUT2D eigenvalue weighted by Crippen LogP contribution is -2.33. The minimum Gasteiger partial charge on any atom is -0.465 e. The summed E-state index contributed by atoms with van der Waals surface area (Å²) in [5.74, 6) is -0.842. The predicted octanol–water partition coefficient (Wildman–Crippen LogP) is 4.35. The first-order valence-electron chi connectivity index (χ1n) is 7.57. The van der Waals surface area contributed by atoms with E-state index in [-0.39, 0.29) is 23.6 Å². The molecule has 0 N–H and O–H groups in total. The van der Waals surface area contributed by atoms with Crippen LogP contribution in [0.25, 0.3) is 16.9 Å². The normalized spacial score (nSPS) is 13.7. The Balaban J connectivity index is 1.89. The Kier molecular flexibility index (Phi) is 5.02. The lowest BCUT2D eigenvalue weighted by Gasteiger charge is -2.19. The summed E-state index contributed by atoms with van der Waals surface area (Å²) in [7, 11) is 0. The van der Waals surface area contributed by atoms with Crippen LogP contribution in [0.3, 0.4) is 0 Å². The highest BCUT2D eigenvalue weighted by atomic mass is 79.9. The SMILES string of the molecule is CCC(Oc1ccc(-c2cn3c(C(F)(F)Br)nnc3cn2)cn1)C(F)(F)F. The Morgan fingerprint density at radius 2 is 1.85 bits per heavy atom. The molecule has 0 aliphatic heterocycles. The molecule has 0 bridgehead atoms. The zero-order valence-corrected chi connectivity index (χ0v) is 15.2. The Labute approximate surface area is 157 Å². The van der Waals surface area contributed by atoms with Crippen LogP contribution >= 0.6 is 15.9 Å². The van der Waals surface area contributed by atoms with Crippen LogP contribution in [0.15, 0.2) is 30.7 Å². The van der Waals surface area contributed by atoms with E-state index in [4.69, 9.17) is 4.74 Å². The second-order valence-electron chi connectivity index (χ2n) is 5.46. The third kappa shape index (κ3) is 4.15. The van der Waals surface area contributed by atoms with Gasteiger partial charge in [0, 0.05) is 24.0 Å². The van der Waals surface area contributed by atoms with Crippen molar-refractivity contribution in [1.82, 2.24) is 24.6 Å². The van der Waals surface area contributed by atoms with Crippen LogP contribution < -0.4 is 4.74 Å². The van der Waals surface area contributed by atoms with Crippen LogP contribution in [0.1, 0.15) is 19.2 Å². The molecule has 27 heavy (non-hydrogen) atoms. The Bertz CT molecular complexity index is 938. The second kappa shape index (κ2) is 6.98. The predicted molar refractivity (Wildman–Crippen MR) is 87.6 cm³/mol. The molecule has 3 heterocycles. The minimum atomic E-state index is -4.51. The van der Waals surface area contributed by atoms with Crippen LogP contribution in [0, 0.1) is 0 Å². The van der Waals surface area contributed by atoms with Crippen LogP contribution in [0.5, 0.6) is 5.88 Å². The summed E-state index contributed by atoms with van der Waals surface area (Å²) < 4.78 is 71.2. The number of halogens is 6. The largest absolute Gasteiger partial charge is 0.465 e. The van der Waals surface area contributed by atoms with E-state index in [1.807, 2.05) is 0 Å². The monoisotopic (exact) mass is 451 g/mol. The molecule has 0 amide bonds. The van der Waals surface area contributed by atoms with Gasteiger partial charge in [0.2, 0.25) is 11.7 Å². The highest BCUT2D eigenvalue weighted by Gasteiger charge is 2.40. The van der Waals surface area contributed by atoms with Crippen molar-refractivity contribution in [2.75, 3.05) is 0 Å². The van der Waals surface area contributed by atoms with Gasteiger partial charge in [0.15, 0.2) is 11.8 Å². The van der Waals surface area contributed by atoms with Gasteiger partial charge in [-0.15, -0.1) is 10.2 Å². The van der Waals surface area contributed by atoms with Crippen LogP contribution in [-0.4, -0.2) is 36.8 Å². The molecule has 0 aromatic carbocycles. The molecule has 3 aromatic heterocycles. The average molecular weight is 452 g/mol. The molecule has 0 spiro atoms. The molecule has 0 saturated heterocycles. The number of aromatic nitrogens is 5. The first kappa shape index (κ1) is 19.4. The van der Waals surface area contributed by atoms with Gasteiger partial charge >= 0.3 is 11.0 Å². The summed E-state index contributed by atoms with van der Waals surface area (Å²) >= 11 is 2.23. The Morgan fingerprint density at radius 1 is 1.11 bits per heavy atom. The lowest BCUT2D eigenvalue weighted by molar-refractivity contribution is -0.196. The van der Waals surface area contributed by atoms with Crippen molar-refractivity contribution < 1.29 is 26.7 Å². The van der Waals surface area contributed by atoms with Crippen LogP contribution in [-0.2, 0) is 4.83 Å². The molecular weight excluding hydrogens is 441 g/mol. The fraction of sp³-hybridized carbons (Fsp3) is 0.333. The molecule has 1 atom stereocenters. The minimum absolute atomic E-state index is 0.108. The summed E-state index contributed by atoms with van der Waals surface area (Å²) in [4.78, 5) is 4.51. The van der Waals surface area contributed by atoms with E-state index in [1.165, 1.54) is 37.6 Å². The van der Waals surface area contributed by atoms with Crippen molar-refractivity contribution in [3.8, 4) is 17.1 Å². The fourth-order valence-corrected chi connectivity index (χ4v) is 2.54. The van der Waals surface area contributed by atoms with E-state index < -0.39 is 22.9 Å².